The van der Waals surface area contributed by atoms with Crippen molar-refractivity contribution in [3.05, 3.63) is 36.5 Å². The van der Waals surface area contributed by atoms with Crippen molar-refractivity contribution in [1.82, 2.24) is 0 Å². The Morgan fingerprint density at radius 3 is 2.23 bits per heavy atom. The van der Waals surface area contributed by atoms with E-state index < -0.39 is 18.2 Å². The van der Waals surface area contributed by atoms with Crippen LogP contribution in [-0.4, -0.2) is 33.5 Å². The van der Waals surface area contributed by atoms with Crippen molar-refractivity contribution in [3.63, 3.8) is 0 Å². The molecule has 0 amide bonds. The van der Waals surface area contributed by atoms with E-state index in [2.05, 4.69) is 6.92 Å². The van der Waals surface area contributed by atoms with Crippen LogP contribution in [0.1, 0.15) is 58.3 Å². The largest absolute Gasteiger partial charge is 0.481 e. The Kier molecular flexibility index (Phi) is 13.6. The van der Waals surface area contributed by atoms with Gasteiger partial charge in [-0.1, -0.05) is 56.2 Å². The van der Waals surface area contributed by atoms with Crippen LogP contribution in [0.3, 0.4) is 0 Å². The first-order chi connectivity index (χ1) is 10.6. The minimum absolute atomic E-state index is 0.208. The predicted molar refractivity (Wildman–Crippen MR) is 89.7 cm³/mol. The molecule has 4 heteroatoms. The normalized spacial score (nSPS) is 15.0. The van der Waals surface area contributed by atoms with E-state index in [9.17, 15) is 15.0 Å². The van der Waals surface area contributed by atoms with Gasteiger partial charge in [0.15, 0.2) is 0 Å². The fourth-order valence-electron chi connectivity index (χ4n) is 1.87. The lowest BCUT2D eigenvalue weighted by molar-refractivity contribution is -0.137. The lowest BCUT2D eigenvalue weighted by Crippen LogP contribution is -2.20. The molecule has 0 radical (unpaired) electrons. The zero-order valence-electron chi connectivity index (χ0n) is 13.5. The molecule has 0 aliphatic heterocycles. The highest BCUT2D eigenvalue weighted by atomic mass is 16.4. The summed E-state index contributed by atoms with van der Waals surface area (Å²) in [7, 11) is 0. The van der Waals surface area contributed by atoms with E-state index in [0.717, 1.165) is 25.7 Å². The van der Waals surface area contributed by atoms with Crippen molar-refractivity contribution in [2.75, 3.05) is 0 Å². The summed E-state index contributed by atoms with van der Waals surface area (Å²) in [5.41, 5.74) is 0. The van der Waals surface area contributed by atoms with Crippen molar-refractivity contribution >= 4 is 5.97 Å². The molecule has 0 aromatic carbocycles. The first kappa shape index (κ1) is 20.6. The second kappa shape index (κ2) is 14.5. The average molecular weight is 310 g/mol. The maximum Gasteiger partial charge on any atom is 0.303 e. The molecule has 126 valence electrons. The SMILES string of the molecule is CCCCC/C=C\[C@@H](O)[C@H](O)/C=C\C=C\CCCCC(=O)O. The number of hydrogen-bond donors (Lipinski definition) is 3. The highest BCUT2D eigenvalue weighted by molar-refractivity contribution is 5.66. The third-order valence-corrected chi connectivity index (χ3v) is 3.22. The Hall–Kier alpha value is -1.39. The average Bonchev–Trinajstić information content (AvgIpc) is 2.48. The van der Waals surface area contributed by atoms with Crippen LogP contribution in [0.2, 0.25) is 0 Å². The maximum atomic E-state index is 10.3. The van der Waals surface area contributed by atoms with Crippen LogP contribution >= 0.6 is 0 Å². The van der Waals surface area contributed by atoms with Crippen molar-refractivity contribution in [2.45, 2.75) is 70.5 Å². The molecule has 0 saturated carbocycles. The third kappa shape index (κ3) is 13.6. The summed E-state index contributed by atoms with van der Waals surface area (Å²) in [6.07, 6.45) is 15.7. The molecule has 22 heavy (non-hydrogen) atoms. The summed E-state index contributed by atoms with van der Waals surface area (Å²) < 4.78 is 0. The second-order valence-corrected chi connectivity index (χ2v) is 5.36. The smallest absolute Gasteiger partial charge is 0.303 e. The topological polar surface area (TPSA) is 77.8 Å². The Bertz CT molecular complexity index is 358. The highest BCUT2D eigenvalue weighted by Crippen LogP contribution is 2.04. The molecular weight excluding hydrogens is 280 g/mol. The first-order valence-corrected chi connectivity index (χ1v) is 8.15. The third-order valence-electron chi connectivity index (χ3n) is 3.22. The fraction of sp³-hybridized carbons (Fsp3) is 0.611. The summed E-state index contributed by atoms with van der Waals surface area (Å²) in [6, 6.07) is 0. The molecule has 0 aromatic heterocycles. The van der Waals surface area contributed by atoms with E-state index >= 15 is 0 Å². The monoisotopic (exact) mass is 310 g/mol. The van der Waals surface area contributed by atoms with Crippen LogP contribution < -0.4 is 0 Å². The maximum absolute atomic E-state index is 10.3. The van der Waals surface area contributed by atoms with E-state index in [-0.39, 0.29) is 6.42 Å². The predicted octanol–water partition coefficient (Wildman–Crippen LogP) is 3.60. The zero-order valence-corrected chi connectivity index (χ0v) is 13.5. The van der Waals surface area contributed by atoms with Gasteiger partial charge in [-0.15, -0.1) is 0 Å². The van der Waals surface area contributed by atoms with Crippen LogP contribution in [-0.2, 0) is 4.79 Å². The van der Waals surface area contributed by atoms with Gasteiger partial charge < -0.3 is 15.3 Å². The van der Waals surface area contributed by atoms with Crippen LogP contribution in [0.25, 0.3) is 0 Å². The number of aliphatic hydroxyl groups is 2. The second-order valence-electron chi connectivity index (χ2n) is 5.36. The lowest BCUT2D eigenvalue weighted by atomic mass is 10.1. The molecule has 0 fully saturated rings. The molecule has 0 rings (SSSR count). The number of carbonyl (C=O) groups is 1. The molecule has 0 bridgehead atoms. The van der Waals surface area contributed by atoms with Gasteiger partial charge in [-0.3, -0.25) is 4.79 Å². The molecule has 2 atom stereocenters. The molecule has 0 aliphatic carbocycles. The van der Waals surface area contributed by atoms with E-state index in [0.29, 0.717) is 6.42 Å². The number of allylic oxidation sites excluding steroid dienone is 4. The molecule has 3 N–H and O–H groups in total. The van der Waals surface area contributed by atoms with E-state index in [1.54, 1.807) is 18.2 Å². The van der Waals surface area contributed by atoms with Gasteiger partial charge in [0.2, 0.25) is 0 Å². The summed E-state index contributed by atoms with van der Waals surface area (Å²) in [6.45, 7) is 2.15. The Morgan fingerprint density at radius 1 is 0.909 bits per heavy atom. The number of aliphatic carboxylic acids is 1. The molecule has 0 spiro atoms. The zero-order chi connectivity index (χ0) is 16.6. The Morgan fingerprint density at radius 2 is 1.55 bits per heavy atom. The van der Waals surface area contributed by atoms with E-state index in [1.807, 2.05) is 18.2 Å². The number of rotatable bonds is 13. The molecular formula is C18H30O4. The Labute approximate surface area is 133 Å². The number of aliphatic hydroxyl groups excluding tert-OH is 2. The van der Waals surface area contributed by atoms with Gasteiger partial charge in [0.05, 0.1) is 0 Å². The van der Waals surface area contributed by atoms with Crippen molar-refractivity contribution < 1.29 is 20.1 Å². The minimum atomic E-state index is -0.904. The molecule has 4 nitrogen and oxygen atoms in total. The van der Waals surface area contributed by atoms with E-state index in [4.69, 9.17) is 5.11 Å². The van der Waals surface area contributed by atoms with Gasteiger partial charge in [0, 0.05) is 6.42 Å². The van der Waals surface area contributed by atoms with Crippen LogP contribution in [0, 0.1) is 0 Å². The summed E-state index contributed by atoms with van der Waals surface area (Å²) in [4.78, 5) is 10.3. The van der Waals surface area contributed by atoms with Crippen LogP contribution in [0.5, 0.6) is 0 Å². The summed E-state index contributed by atoms with van der Waals surface area (Å²) >= 11 is 0. The van der Waals surface area contributed by atoms with Gasteiger partial charge in [-0.2, -0.15) is 0 Å². The van der Waals surface area contributed by atoms with Gasteiger partial charge in [0.1, 0.15) is 12.2 Å². The number of hydrogen-bond acceptors (Lipinski definition) is 3. The van der Waals surface area contributed by atoms with Crippen LogP contribution in [0.4, 0.5) is 0 Å². The number of carboxylic acid groups (broad SMARTS) is 1. The van der Waals surface area contributed by atoms with Crippen LogP contribution in [0.15, 0.2) is 36.5 Å². The van der Waals surface area contributed by atoms with Gasteiger partial charge in [-0.05, 0) is 32.1 Å². The molecule has 0 aromatic rings. The highest BCUT2D eigenvalue weighted by Gasteiger charge is 2.07. The fourth-order valence-corrected chi connectivity index (χ4v) is 1.87. The lowest BCUT2D eigenvalue weighted by Gasteiger charge is -2.09. The van der Waals surface area contributed by atoms with Crippen molar-refractivity contribution in [1.29, 1.82) is 0 Å². The standard InChI is InChI=1S/C18H30O4/c1-2-3-4-7-10-13-16(19)17(20)14-11-8-5-6-9-12-15-18(21)22/h5,8,10-11,13-14,16-17,19-20H,2-4,6-7,9,12,15H2,1H3,(H,21,22)/b8-5+,13-10-,14-11-/t16-,17-/m1/s1. The van der Waals surface area contributed by atoms with Gasteiger partial charge >= 0.3 is 5.97 Å². The molecule has 0 aliphatic rings. The van der Waals surface area contributed by atoms with Crippen molar-refractivity contribution in [2.24, 2.45) is 0 Å². The minimum Gasteiger partial charge on any atom is -0.481 e. The molecule has 0 unspecified atom stereocenters. The van der Waals surface area contributed by atoms with Crippen molar-refractivity contribution in [3.8, 4) is 0 Å². The van der Waals surface area contributed by atoms with E-state index in [1.165, 1.54) is 12.8 Å². The summed E-state index contributed by atoms with van der Waals surface area (Å²) in [5.74, 6) is -0.760. The first-order valence-electron chi connectivity index (χ1n) is 8.15. The molecule has 0 heterocycles. The van der Waals surface area contributed by atoms with Gasteiger partial charge in [-0.25, -0.2) is 0 Å². The number of unbranched alkanes of at least 4 members (excludes halogenated alkanes) is 5. The Balaban J connectivity index is 3.79. The molecule has 0 saturated heterocycles. The number of carboxylic acids is 1. The summed E-state index contributed by atoms with van der Waals surface area (Å²) in [5, 5.41) is 28.0. The van der Waals surface area contributed by atoms with Gasteiger partial charge in [0.25, 0.3) is 0 Å². The quantitative estimate of drug-likeness (QED) is 0.276.